The second-order valence-corrected chi connectivity index (χ2v) is 6.62. The lowest BCUT2D eigenvalue weighted by Crippen LogP contribution is -2.18. The first-order valence-electron chi connectivity index (χ1n) is 7.97. The number of ether oxygens (including phenoxy) is 2. The van der Waals surface area contributed by atoms with Crippen molar-refractivity contribution in [3.63, 3.8) is 0 Å². The van der Waals surface area contributed by atoms with Crippen LogP contribution in [-0.4, -0.2) is 25.8 Å². The van der Waals surface area contributed by atoms with Crippen LogP contribution >= 0.6 is 0 Å². The number of rotatable bonds is 5. The first-order chi connectivity index (χ1) is 9.87. The Morgan fingerprint density at radius 1 is 1.05 bits per heavy atom. The van der Waals surface area contributed by atoms with Gasteiger partial charge in [0, 0.05) is 6.07 Å². The molecule has 0 radical (unpaired) electrons. The molecule has 3 heteroatoms. The minimum Gasteiger partial charge on any atom is -0.493 e. The quantitative estimate of drug-likeness (QED) is 0.895. The van der Waals surface area contributed by atoms with Crippen LogP contribution in [0.25, 0.3) is 0 Å². The highest BCUT2D eigenvalue weighted by Crippen LogP contribution is 2.37. The summed E-state index contributed by atoms with van der Waals surface area (Å²) in [6.45, 7) is 3.22. The Hall–Kier alpha value is -1.22. The largest absolute Gasteiger partial charge is 0.493 e. The van der Waals surface area contributed by atoms with Crippen molar-refractivity contribution in [1.29, 1.82) is 0 Å². The van der Waals surface area contributed by atoms with E-state index >= 15 is 0 Å². The topological polar surface area (TPSA) is 30.5 Å². The molecule has 2 aliphatic carbocycles. The summed E-state index contributed by atoms with van der Waals surface area (Å²) in [7, 11) is 0. The lowest BCUT2D eigenvalue weighted by atomic mass is 10.0. The number of benzene rings is 1. The van der Waals surface area contributed by atoms with Crippen molar-refractivity contribution >= 4 is 0 Å². The molecule has 1 aliphatic heterocycles. The second kappa shape index (κ2) is 5.28. The number of hydrogen-bond donors (Lipinski definition) is 1. The van der Waals surface area contributed by atoms with Crippen LogP contribution in [-0.2, 0) is 0 Å². The van der Waals surface area contributed by atoms with Crippen LogP contribution < -0.4 is 14.8 Å². The molecule has 3 aliphatic rings. The highest BCUT2D eigenvalue weighted by Gasteiger charge is 2.38. The zero-order valence-electron chi connectivity index (χ0n) is 11.9. The van der Waals surface area contributed by atoms with Gasteiger partial charge in [-0.15, -0.1) is 0 Å². The molecule has 1 heterocycles. The molecule has 1 aromatic carbocycles. The average Bonchev–Trinajstić information content (AvgIpc) is 3.06. The fourth-order valence-electron chi connectivity index (χ4n) is 3.54. The molecule has 0 spiro atoms. The van der Waals surface area contributed by atoms with Crippen LogP contribution in [0.2, 0.25) is 0 Å². The molecule has 1 aromatic rings. The molecule has 1 N–H and O–H groups in total. The van der Waals surface area contributed by atoms with E-state index in [1.165, 1.54) is 38.8 Å². The van der Waals surface area contributed by atoms with Crippen LogP contribution in [0.1, 0.15) is 25.7 Å². The van der Waals surface area contributed by atoms with Crippen molar-refractivity contribution in [3.8, 4) is 11.5 Å². The molecule has 0 bridgehead atoms. The Labute approximate surface area is 120 Å². The van der Waals surface area contributed by atoms with E-state index in [1.54, 1.807) is 0 Å². The predicted octanol–water partition coefficient (Wildman–Crippen LogP) is 2.85. The second-order valence-electron chi connectivity index (χ2n) is 6.62. The molecule has 1 saturated heterocycles. The Kier molecular flexibility index (Phi) is 3.31. The molecule has 3 fully saturated rings. The molecule has 3 nitrogen and oxygen atoms in total. The number of hydrogen-bond acceptors (Lipinski definition) is 3. The predicted molar refractivity (Wildman–Crippen MR) is 78.2 cm³/mol. The molecule has 108 valence electrons. The fourth-order valence-corrected chi connectivity index (χ4v) is 3.54. The normalized spacial score (nSPS) is 32.1. The van der Waals surface area contributed by atoms with Crippen LogP contribution in [0.4, 0.5) is 0 Å². The van der Waals surface area contributed by atoms with Crippen molar-refractivity contribution in [2.45, 2.75) is 31.8 Å². The summed E-state index contributed by atoms with van der Waals surface area (Å²) in [4.78, 5) is 0. The highest BCUT2D eigenvalue weighted by atomic mass is 16.5. The highest BCUT2D eigenvalue weighted by molar-refractivity contribution is 5.33. The van der Waals surface area contributed by atoms with E-state index < -0.39 is 0 Å². The van der Waals surface area contributed by atoms with E-state index in [-0.39, 0.29) is 0 Å². The van der Waals surface area contributed by atoms with Crippen LogP contribution in [0.15, 0.2) is 24.3 Å². The van der Waals surface area contributed by atoms with Gasteiger partial charge >= 0.3 is 0 Å². The first kappa shape index (κ1) is 12.5. The molecular weight excluding hydrogens is 250 g/mol. The minimum absolute atomic E-state index is 0.394. The minimum atomic E-state index is 0.394. The standard InChI is InChI=1S/C17H23NO2/c1-2-15(19-11-12-4-5-12)8-16(3-1)20-17-6-13-9-18-10-14(13)7-17/h1-3,8,12-14,17-18H,4-7,9-11H2. The molecule has 2 unspecified atom stereocenters. The monoisotopic (exact) mass is 273 g/mol. The Morgan fingerprint density at radius 3 is 2.55 bits per heavy atom. The lowest BCUT2D eigenvalue weighted by molar-refractivity contribution is 0.198. The fraction of sp³-hybridized carbons (Fsp3) is 0.647. The van der Waals surface area contributed by atoms with Crippen LogP contribution in [0.3, 0.4) is 0 Å². The smallest absolute Gasteiger partial charge is 0.123 e. The third-order valence-corrected chi connectivity index (χ3v) is 4.90. The van der Waals surface area contributed by atoms with E-state index in [1.807, 2.05) is 12.1 Å². The maximum atomic E-state index is 6.17. The Bertz CT molecular complexity index is 460. The average molecular weight is 273 g/mol. The number of fused-ring (bicyclic) bond motifs is 1. The van der Waals surface area contributed by atoms with Crippen molar-refractivity contribution in [3.05, 3.63) is 24.3 Å². The summed E-state index contributed by atoms with van der Waals surface area (Å²) in [6, 6.07) is 8.17. The van der Waals surface area contributed by atoms with Gasteiger partial charge in [0.1, 0.15) is 11.5 Å². The van der Waals surface area contributed by atoms with Crippen molar-refractivity contribution in [2.24, 2.45) is 17.8 Å². The lowest BCUT2D eigenvalue weighted by Gasteiger charge is -2.15. The summed E-state index contributed by atoms with van der Waals surface area (Å²) in [5, 5.41) is 3.48. The third-order valence-electron chi connectivity index (χ3n) is 4.90. The van der Waals surface area contributed by atoms with Crippen LogP contribution in [0, 0.1) is 17.8 Å². The van der Waals surface area contributed by atoms with Gasteiger partial charge < -0.3 is 14.8 Å². The van der Waals surface area contributed by atoms with E-state index in [4.69, 9.17) is 9.47 Å². The van der Waals surface area contributed by atoms with Gasteiger partial charge in [0.25, 0.3) is 0 Å². The molecule has 2 atom stereocenters. The zero-order valence-corrected chi connectivity index (χ0v) is 11.9. The molecule has 0 aromatic heterocycles. The molecule has 2 saturated carbocycles. The van der Waals surface area contributed by atoms with Gasteiger partial charge in [-0.3, -0.25) is 0 Å². The maximum Gasteiger partial charge on any atom is 0.123 e. The molecule has 4 rings (SSSR count). The zero-order chi connectivity index (χ0) is 13.4. The number of nitrogens with one attached hydrogen (secondary N) is 1. The van der Waals surface area contributed by atoms with E-state index in [2.05, 4.69) is 17.4 Å². The van der Waals surface area contributed by atoms with Gasteiger partial charge in [-0.2, -0.15) is 0 Å². The van der Waals surface area contributed by atoms with Gasteiger partial charge in [0.2, 0.25) is 0 Å². The maximum absolute atomic E-state index is 6.17. The molecule has 0 amide bonds. The summed E-state index contributed by atoms with van der Waals surface area (Å²) >= 11 is 0. The van der Waals surface area contributed by atoms with Gasteiger partial charge in [-0.25, -0.2) is 0 Å². The molecular formula is C17H23NO2. The van der Waals surface area contributed by atoms with E-state index in [9.17, 15) is 0 Å². The van der Waals surface area contributed by atoms with Gasteiger partial charge in [0.05, 0.1) is 12.7 Å². The summed E-state index contributed by atoms with van der Waals surface area (Å²) in [5.41, 5.74) is 0. The van der Waals surface area contributed by atoms with Gasteiger partial charge in [0.15, 0.2) is 0 Å². The van der Waals surface area contributed by atoms with Crippen molar-refractivity contribution in [2.75, 3.05) is 19.7 Å². The van der Waals surface area contributed by atoms with Gasteiger partial charge in [-0.1, -0.05) is 6.07 Å². The third kappa shape index (κ3) is 2.78. The van der Waals surface area contributed by atoms with Gasteiger partial charge in [-0.05, 0) is 68.7 Å². The van der Waals surface area contributed by atoms with Crippen LogP contribution in [0.5, 0.6) is 11.5 Å². The van der Waals surface area contributed by atoms with E-state index in [0.717, 1.165) is 35.9 Å². The SMILES string of the molecule is c1cc(OCC2CC2)cc(OC2CC3CNCC3C2)c1. The summed E-state index contributed by atoms with van der Waals surface area (Å²) < 4.78 is 12.0. The summed E-state index contributed by atoms with van der Waals surface area (Å²) in [5.74, 6) is 4.37. The first-order valence-corrected chi connectivity index (χ1v) is 7.97. The summed E-state index contributed by atoms with van der Waals surface area (Å²) in [6.07, 6.45) is 5.45. The molecule has 20 heavy (non-hydrogen) atoms. The van der Waals surface area contributed by atoms with E-state index in [0.29, 0.717) is 6.10 Å². The Balaban J connectivity index is 1.34. The van der Waals surface area contributed by atoms with Crippen molar-refractivity contribution < 1.29 is 9.47 Å². The Morgan fingerprint density at radius 2 is 1.80 bits per heavy atom. The van der Waals surface area contributed by atoms with Crippen molar-refractivity contribution in [1.82, 2.24) is 5.32 Å².